The minimum Gasteiger partial charge on any atom is -0.465 e. The number of anilines is 2. The van der Waals surface area contributed by atoms with Crippen molar-refractivity contribution in [3.8, 4) is 0 Å². The molecule has 7 heteroatoms. The van der Waals surface area contributed by atoms with Crippen LogP contribution in [0.4, 0.5) is 16.2 Å². The van der Waals surface area contributed by atoms with Gasteiger partial charge in [-0.3, -0.25) is 4.90 Å². The lowest BCUT2D eigenvalue weighted by molar-refractivity contribution is 0.0601. The molecule has 2 aliphatic rings. The average molecular weight is 346 g/mol. The number of nitrogens with zero attached hydrogens (tertiary/aromatic N) is 3. The number of esters is 1. The monoisotopic (exact) mass is 346 g/mol. The molecule has 2 heterocycles. The van der Waals surface area contributed by atoms with Crippen molar-refractivity contribution in [2.45, 2.75) is 18.9 Å². The molecule has 0 saturated carbocycles. The van der Waals surface area contributed by atoms with Crippen molar-refractivity contribution in [1.82, 2.24) is 9.80 Å². The van der Waals surface area contributed by atoms with E-state index in [-0.39, 0.29) is 6.03 Å². The number of hydrogen-bond acceptors (Lipinski definition) is 5. The lowest BCUT2D eigenvalue weighted by Crippen LogP contribution is -2.53. The van der Waals surface area contributed by atoms with E-state index < -0.39 is 5.97 Å². The molecular formula is C18H26N4O3. The van der Waals surface area contributed by atoms with Crippen LogP contribution in [0.25, 0.3) is 0 Å². The minimum atomic E-state index is -0.390. The Balaban J connectivity index is 1.73. The first-order chi connectivity index (χ1) is 12.0. The topological polar surface area (TPSA) is 65.1 Å². The SMILES string of the molecule is COC(=O)c1ccc(NC(=O)N2CCN3CCC[C@@H]3C2)c(N(C)C)c1. The summed E-state index contributed by atoms with van der Waals surface area (Å²) in [5.41, 5.74) is 1.93. The van der Waals surface area contributed by atoms with Crippen molar-refractivity contribution in [3.05, 3.63) is 23.8 Å². The molecule has 0 radical (unpaired) electrons. The second kappa shape index (κ2) is 7.31. The van der Waals surface area contributed by atoms with Crippen LogP contribution in [-0.4, -0.2) is 75.2 Å². The standard InChI is InChI=1S/C18H26N4O3/c1-20(2)16-11-13(17(23)25-3)6-7-15(16)19-18(24)22-10-9-21-8-4-5-14(21)12-22/h6-7,11,14H,4-5,8-10,12H2,1-3H3,(H,19,24)/t14-/m1/s1. The molecule has 2 amide bonds. The number of urea groups is 1. The first-order valence-corrected chi connectivity index (χ1v) is 8.69. The Hall–Kier alpha value is -2.28. The van der Waals surface area contributed by atoms with Gasteiger partial charge in [-0.2, -0.15) is 0 Å². The van der Waals surface area contributed by atoms with Gasteiger partial charge >= 0.3 is 12.0 Å². The summed E-state index contributed by atoms with van der Waals surface area (Å²) in [6.07, 6.45) is 2.39. The summed E-state index contributed by atoms with van der Waals surface area (Å²) in [6.45, 7) is 3.63. The van der Waals surface area contributed by atoms with Gasteiger partial charge in [0.25, 0.3) is 0 Å². The molecule has 1 aromatic rings. The van der Waals surface area contributed by atoms with E-state index in [9.17, 15) is 9.59 Å². The quantitative estimate of drug-likeness (QED) is 0.846. The highest BCUT2D eigenvalue weighted by Crippen LogP contribution is 2.27. The van der Waals surface area contributed by atoms with E-state index in [1.54, 1.807) is 18.2 Å². The van der Waals surface area contributed by atoms with Gasteiger partial charge in [-0.25, -0.2) is 9.59 Å². The largest absolute Gasteiger partial charge is 0.465 e. The molecule has 1 aromatic carbocycles. The Labute approximate surface area is 148 Å². The number of carbonyl (C=O) groups is 2. The molecule has 1 N–H and O–H groups in total. The highest BCUT2D eigenvalue weighted by atomic mass is 16.5. The van der Waals surface area contributed by atoms with E-state index in [4.69, 9.17) is 4.74 Å². The van der Waals surface area contributed by atoms with E-state index in [1.807, 2.05) is 23.9 Å². The number of hydrogen-bond donors (Lipinski definition) is 1. The molecule has 25 heavy (non-hydrogen) atoms. The van der Waals surface area contributed by atoms with E-state index in [2.05, 4.69) is 10.2 Å². The maximum Gasteiger partial charge on any atom is 0.337 e. The molecule has 2 fully saturated rings. The summed E-state index contributed by atoms with van der Waals surface area (Å²) in [5, 5.41) is 3.00. The van der Waals surface area contributed by atoms with Crippen LogP contribution in [0.2, 0.25) is 0 Å². The number of nitrogens with one attached hydrogen (secondary N) is 1. The molecule has 0 bridgehead atoms. The third kappa shape index (κ3) is 3.71. The van der Waals surface area contributed by atoms with Crippen molar-refractivity contribution in [2.24, 2.45) is 0 Å². The Morgan fingerprint density at radius 1 is 1.24 bits per heavy atom. The molecule has 2 aliphatic heterocycles. The molecule has 0 spiro atoms. The highest BCUT2D eigenvalue weighted by molar-refractivity contribution is 5.97. The number of fused-ring (bicyclic) bond motifs is 1. The molecular weight excluding hydrogens is 320 g/mol. The summed E-state index contributed by atoms with van der Waals surface area (Å²) in [7, 11) is 5.11. The van der Waals surface area contributed by atoms with Crippen LogP contribution in [-0.2, 0) is 4.74 Å². The van der Waals surface area contributed by atoms with Crippen LogP contribution in [0.3, 0.4) is 0 Å². The third-order valence-corrected chi connectivity index (χ3v) is 5.02. The number of rotatable bonds is 3. The van der Waals surface area contributed by atoms with Crippen LogP contribution in [0.15, 0.2) is 18.2 Å². The van der Waals surface area contributed by atoms with E-state index >= 15 is 0 Å². The number of piperazine rings is 1. The fourth-order valence-corrected chi connectivity index (χ4v) is 3.62. The Kier molecular flexibility index (Phi) is 5.13. The Bertz CT molecular complexity index is 662. The van der Waals surface area contributed by atoms with Crippen LogP contribution in [0, 0.1) is 0 Å². The Morgan fingerprint density at radius 3 is 2.76 bits per heavy atom. The zero-order valence-corrected chi connectivity index (χ0v) is 15.1. The number of methoxy groups -OCH3 is 1. The van der Waals surface area contributed by atoms with Crippen molar-refractivity contribution in [2.75, 3.05) is 57.6 Å². The number of carbonyl (C=O) groups excluding carboxylic acids is 2. The van der Waals surface area contributed by atoms with Crippen molar-refractivity contribution >= 4 is 23.4 Å². The lowest BCUT2D eigenvalue weighted by atomic mass is 10.1. The molecule has 3 rings (SSSR count). The summed E-state index contributed by atoms with van der Waals surface area (Å²) in [5.74, 6) is -0.390. The second-order valence-electron chi connectivity index (χ2n) is 6.83. The fraction of sp³-hybridized carbons (Fsp3) is 0.556. The van der Waals surface area contributed by atoms with Crippen molar-refractivity contribution < 1.29 is 14.3 Å². The van der Waals surface area contributed by atoms with Crippen LogP contribution >= 0.6 is 0 Å². The third-order valence-electron chi connectivity index (χ3n) is 5.02. The van der Waals surface area contributed by atoms with Crippen LogP contribution in [0.1, 0.15) is 23.2 Å². The number of amides is 2. The van der Waals surface area contributed by atoms with E-state index in [0.717, 1.165) is 31.9 Å². The molecule has 2 saturated heterocycles. The summed E-state index contributed by atoms with van der Waals surface area (Å²) < 4.78 is 4.77. The molecule has 0 aromatic heterocycles. The van der Waals surface area contributed by atoms with Crippen molar-refractivity contribution in [3.63, 3.8) is 0 Å². The normalized spacial score (nSPS) is 20.1. The number of ether oxygens (including phenoxy) is 1. The van der Waals surface area contributed by atoms with Gasteiger partial charge in [-0.05, 0) is 37.6 Å². The van der Waals surface area contributed by atoms with Gasteiger partial charge in [0.15, 0.2) is 0 Å². The zero-order valence-electron chi connectivity index (χ0n) is 15.1. The van der Waals surface area contributed by atoms with Gasteiger partial charge in [-0.1, -0.05) is 0 Å². The number of benzene rings is 1. The first-order valence-electron chi connectivity index (χ1n) is 8.69. The van der Waals surface area contributed by atoms with Crippen molar-refractivity contribution in [1.29, 1.82) is 0 Å². The Morgan fingerprint density at radius 2 is 2.04 bits per heavy atom. The van der Waals surface area contributed by atoms with Gasteiger partial charge in [0, 0.05) is 39.8 Å². The van der Waals surface area contributed by atoms with E-state index in [1.165, 1.54) is 20.0 Å². The lowest BCUT2D eigenvalue weighted by Gasteiger charge is -2.37. The van der Waals surface area contributed by atoms with Crippen LogP contribution in [0.5, 0.6) is 0 Å². The average Bonchev–Trinajstić information content (AvgIpc) is 3.08. The molecule has 0 unspecified atom stereocenters. The highest BCUT2D eigenvalue weighted by Gasteiger charge is 2.32. The predicted octanol–water partition coefficient (Wildman–Crippen LogP) is 1.85. The molecule has 1 atom stereocenters. The summed E-state index contributed by atoms with van der Waals surface area (Å²) in [6, 6.07) is 5.57. The van der Waals surface area contributed by atoms with Gasteiger partial charge < -0.3 is 19.9 Å². The zero-order chi connectivity index (χ0) is 18.0. The van der Waals surface area contributed by atoms with Gasteiger partial charge in [0.05, 0.1) is 24.0 Å². The summed E-state index contributed by atoms with van der Waals surface area (Å²) in [4.78, 5) is 30.7. The first kappa shape index (κ1) is 17.5. The molecule has 136 valence electrons. The van der Waals surface area contributed by atoms with Crippen LogP contribution < -0.4 is 10.2 Å². The fourth-order valence-electron chi connectivity index (χ4n) is 3.62. The summed E-state index contributed by atoms with van der Waals surface area (Å²) >= 11 is 0. The van der Waals surface area contributed by atoms with E-state index in [0.29, 0.717) is 17.3 Å². The molecule has 0 aliphatic carbocycles. The van der Waals surface area contributed by atoms with Gasteiger partial charge in [0.1, 0.15) is 0 Å². The van der Waals surface area contributed by atoms with Gasteiger partial charge in [-0.15, -0.1) is 0 Å². The maximum absolute atomic E-state index is 12.7. The maximum atomic E-state index is 12.7. The van der Waals surface area contributed by atoms with Gasteiger partial charge in [0.2, 0.25) is 0 Å². The smallest absolute Gasteiger partial charge is 0.337 e. The second-order valence-corrected chi connectivity index (χ2v) is 6.83. The minimum absolute atomic E-state index is 0.0829. The predicted molar refractivity (Wildman–Crippen MR) is 97.3 cm³/mol. The molecule has 7 nitrogen and oxygen atoms in total.